The fraction of sp³-hybridized carbons (Fsp3) is 0.700. The van der Waals surface area contributed by atoms with Gasteiger partial charge >= 0.3 is 0 Å². The van der Waals surface area contributed by atoms with Gasteiger partial charge in [-0.05, 0) is 6.54 Å². The molecule has 0 fully saturated rings. The molecule has 0 bridgehead atoms. The van der Waals surface area contributed by atoms with Crippen molar-refractivity contribution in [2.75, 3.05) is 20.3 Å². The second kappa shape index (κ2) is 6.11. The van der Waals surface area contributed by atoms with Crippen LogP contribution in [-0.2, 0) is 4.74 Å². The molecule has 0 aliphatic carbocycles. The molecule has 3 nitrogen and oxygen atoms in total. The molecular formula is C10H18N2OS. The van der Waals surface area contributed by atoms with E-state index >= 15 is 0 Å². The lowest BCUT2D eigenvalue weighted by Crippen LogP contribution is -2.29. The summed E-state index contributed by atoms with van der Waals surface area (Å²) in [6.07, 6.45) is 1.85. The van der Waals surface area contributed by atoms with E-state index in [9.17, 15) is 0 Å². The van der Waals surface area contributed by atoms with Crippen LogP contribution < -0.4 is 5.32 Å². The Morgan fingerprint density at radius 1 is 1.64 bits per heavy atom. The van der Waals surface area contributed by atoms with Gasteiger partial charge in [-0.2, -0.15) is 0 Å². The molecule has 0 saturated carbocycles. The maximum atomic E-state index is 5.17. The Morgan fingerprint density at radius 3 is 2.93 bits per heavy atom. The summed E-state index contributed by atoms with van der Waals surface area (Å²) in [5.74, 6) is 0.450. The molecule has 2 unspecified atom stereocenters. The number of methoxy groups -OCH3 is 1. The van der Waals surface area contributed by atoms with Crippen LogP contribution >= 0.6 is 11.3 Å². The summed E-state index contributed by atoms with van der Waals surface area (Å²) in [5, 5.41) is 6.60. The third-order valence-corrected chi connectivity index (χ3v) is 3.00. The number of nitrogens with zero attached hydrogens (tertiary/aromatic N) is 1. The van der Waals surface area contributed by atoms with Crippen LogP contribution in [-0.4, -0.2) is 25.2 Å². The zero-order valence-electron chi connectivity index (χ0n) is 8.99. The maximum Gasteiger partial charge on any atom is 0.110 e. The molecule has 14 heavy (non-hydrogen) atoms. The minimum atomic E-state index is 0.319. The Morgan fingerprint density at radius 2 is 2.43 bits per heavy atom. The number of aromatic nitrogens is 1. The number of rotatable bonds is 6. The topological polar surface area (TPSA) is 34.2 Å². The highest BCUT2D eigenvalue weighted by atomic mass is 32.1. The summed E-state index contributed by atoms with van der Waals surface area (Å²) in [4.78, 5) is 4.34. The van der Waals surface area contributed by atoms with Crippen molar-refractivity contribution in [3.63, 3.8) is 0 Å². The standard InChI is InChI=1S/C10H18N2OS/c1-4-11-9(8(2)7-13-3)10-12-5-6-14-10/h5-6,8-9,11H,4,7H2,1-3H3. The van der Waals surface area contributed by atoms with Crippen LogP contribution in [0.15, 0.2) is 11.6 Å². The van der Waals surface area contributed by atoms with E-state index in [1.165, 1.54) is 0 Å². The third-order valence-electron chi connectivity index (χ3n) is 2.14. The van der Waals surface area contributed by atoms with Crippen molar-refractivity contribution in [2.24, 2.45) is 5.92 Å². The van der Waals surface area contributed by atoms with Gasteiger partial charge in [0.15, 0.2) is 0 Å². The van der Waals surface area contributed by atoms with E-state index in [1.807, 2.05) is 11.6 Å². The van der Waals surface area contributed by atoms with E-state index in [4.69, 9.17) is 4.74 Å². The van der Waals surface area contributed by atoms with Crippen molar-refractivity contribution < 1.29 is 4.74 Å². The van der Waals surface area contributed by atoms with E-state index in [1.54, 1.807) is 18.4 Å². The Bertz CT molecular complexity index is 238. The summed E-state index contributed by atoms with van der Waals surface area (Å²) in [6, 6.07) is 0.319. The predicted octanol–water partition coefficient (Wildman–Crippen LogP) is 2.08. The largest absolute Gasteiger partial charge is 0.384 e. The molecule has 0 aromatic carbocycles. The number of nitrogens with one attached hydrogen (secondary N) is 1. The first-order chi connectivity index (χ1) is 6.79. The maximum absolute atomic E-state index is 5.17. The highest BCUT2D eigenvalue weighted by molar-refractivity contribution is 7.09. The zero-order valence-corrected chi connectivity index (χ0v) is 9.80. The lowest BCUT2D eigenvalue weighted by Gasteiger charge is -2.22. The monoisotopic (exact) mass is 214 g/mol. The molecule has 1 rings (SSSR count). The minimum absolute atomic E-state index is 0.319. The van der Waals surface area contributed by atoms with Crippen LogP contribution in [0.2, 0.25) is 0 Å². The van der Waals surface area contributed by atoms with Crippen LogP contribution in [0.4, 0.5) is 0 Å². The third kappa shape index (κ3) is 3.04. The molecular weight excluding hydrogens is 196 g/mol. The summed E-state index contributed by atoms with van der Waals surface area (Å²) < 4.78 is 5.17. The van der Waals surface area contributed by atoms with Gasteiger partial charge in [-0.1, -0.05) is 13.8 Å². The van der Waals surface area contributed by atoms with E-state index in [0.717, 1.165) is 18.2 Å². The van der Waals surface area contributed by atoms with Crippen LogP contribution in [0.5, 0.6) is 0 Å². The lowest BCUT2D eigenvalue weighted by molar-refractivity contribution is 0.139. The fourth-order valence-electron chi connectivity index (χ4n) is 1.50. The van der Waals surface area contributed by atoms with Gasteiger partial charge in [0.25, 0.3) is 0 Å². The average Bonchev–Trinajstić information content (AvgIpc) is 2.67. The summed E-state index contributed by atoms with van der Waals surface area (Å²) in [7, 11) is 1.74. The Hall–Kier alpha value is -0.450. The van der Waals surface area contributed by atoms with Crippen LogP contribution in [0, 0.1) is 5.92 Å². The zero-order chi connectivity index (χ0) is 10.4. The van der Waals surface area contributed by atoms with Gasteiger partial charge in [-0.25, -0.2) is 4.98 Å². The van der Waals surface area contributed by atoms with Gasteiger partial charge in [0.05, 0.1) is 12.6 Å². The molecule has 1 N–H and O–H groups in total. The average molecular weight is 214 g/mol. The second-order valence-electron chi connectivity index (χ2n) is 3.34. The van der Waals surface area contributed by atoms with Crippen molar-refractivity contribution in [1.29, 1.82) is 0 Å². The van der Waals surface area contributed by atoms with Crippen molar-refractivity contribution >= 4 is 11.3 Å². The molecule has 2 atom stereocenters. The smallest absolute Gasteiger partial charge is 0.110 e. The van der Waals surface area contributed by atoms with Crippen molar-refractivity contribution in [3.05, 3.63) is 16.6 Å². The lowest BCUT2D eigenvalue weighted by atomic mass is 10.0. The first-order valence-electron chi connectivity index (χ1n) is 4.91. The highest BCUT2D eigenvalue weighted by Crippen LogP contribution is 2.23. The molecule has 1 heterocycles. The van der Waals surface area contributed by atoms with Crippen molar-refractivity contribution in [1.82, 2.24) is 10.3 Å². The normalized spacial score (nSPS) is 15.4. The Kier molecular flexibility index (Phi) is 5.07. The van der Waals surface area contributed by atoms with E-state index in [2.05, 4.69) is 24.1 Å². The molecule has 4 heteroatoms. The fourth-order valence-corrected chi connectivity index (χ4v) is 2.34. The van der Waals surface area contributed by atoms with E-state index < -0.39 is 0 Å². The molecule has 0 saturated heterocycles. The van der Waals surface area contributed by atoms with Crippen LogP contribution in [0.25, 0.3) is 0 Å². The minimum Gasteiger partial charge on any atom is -0.384 e. The van der Waals surface area contributed by atoms with Gasteiger partial charge < -0.3 is 10.1 Å². The summed E-state index contributed by atoms with van der Waals surface area (Å²) in [6.45, 7) is 6.01. The molecule has 1 aromatic rings. The Labute approximate surface area is 89.5 Å². The molecule has 0 radical (unpaired) electrons. The molecule has 0 aliphatic heterocycles. The predicted molar refractivity (Wildman–Crippen MR) is 59.6 cm³/mol. The van der Waals surface area contributed by atoms with Crippen LogP contribution in [0.3, 0.4) is 0 Å². The first kappa shape index (κ1) is 11.6. The van der Waals surface area contributed by atoms with Gasteiger partial charge in [0.1, 0.15) is 5.01 Å². The first-order valence-corrected chi connectivity index (χ1v) is 5.79. The van der Waals surface area contributed by atoms with E-state index in [-0.39, 0.29) is 0 Å². The van der Waals surface area contributed by atoms with Crippen molar-refractivity contribution in [2.45, 2.75) is 19.9 Å². The summed E-state index contributed by atoms with van der Waals surface area (Å²) >= 11 is 1.70. The number of hydrogen-bond donors (Lipinski definition) is 1. The number of thiazole rings is 1. The van der Waals surface area contributed by atoms with Gasteiger partial charge in [-0.15, -0.1) is 11.3 Å². The Balaban J connectivity index is 2.63. The quantitative estimate of drug-likeness (QED) is 0.787. The molecule has 0 aliphatic rings. The summed E-state index contributed by atoms with van der Waals surface area (Å²) in [5.41, 5.74) is 0. The number of ether oxygens (including phenoxy) is 1. The molecule has 1 aromatic heterocycles. The van der Waals surface area contributed by atoms with Gasteiger partial charge in [0, 0.05) is 24.6 Å². The van der Waals surface area contributed by atoms with Gasteiger partial charge in [0.2, 0.25) is 0 Å². The van der Waals surface area contributed by atoms with E-state index in [0.29, 0.717) is 12.0 Å². The van der Waals surface area contributed by atoms with Gasteiger partial charge in [-0.3, -0.25) is 0 Å². The molecule has 80 valence electrons. The SMILES string of the molecule is CCNC(c1nccs1)C(C)COC. The molecule has 0 spiro atoms. The molecule has 0 amide bonds. The number of hydrogen-bond acceptors (Lipinski definition) is 4. The van der Waals surface area contributed by atoms with Crippen LogP contribution in [0.1, 0.15) is 24.9 Å². The second-order valence-corrected chi connectivity index (χ2v) is 4.26. The highest BCUT2D eigenvalue weighted by Gasteiger charge is 2.20. The van der Waals surface area contributed by atoms with Crippen molar-refractivity contribution in [3.8, 4) is 0 Å².